The smallest absolute Gasteiger partial charge is 0.207 e. The van der Waals surface area contributed by atoms with Crippen LogP contribution in [0, 0.1) is 11.6 Å². The summed E-state index contributed by atoms with van der Waals surface area (Å²) in [5.74, 6) is -1.19. The van der Waals surface area contributed by atoms with E-state index in [9.17, 15) is 8.78 Å². The average Bonchev–Trinajstić information content (AvgIpc) is 3.06. The van der Waals surface area contributed by atoms with Gasteiger partial charge in [0.15, 0.2) is 11.6 Å². The zero-order chi connectivity index (χ0) is 11.8. The van der Waals surface area contributed by atoms with Crippen LogP contribution in [0.25, 0.3) is 0 Å². The highest BCUT2D eigenvalue weighted by atomic mass is 19.2. The van der Waals surface area contributed by atoms with Gasteiger partial charge in [0.1, 0.15) is 0 Å². The van der Waals surface area contributed by atoms with Gasteiger partial charge < -0.3 is 9.88 Å². The lowest BCUT2D eigenvalue weighted by atomic mass is 10.3. The van der Waals surface area contributed by atoms with Gasteiger partial charge in [0, 0.05) is 18.4 Å². The summed E-state index contributed by atoms with van der Waals surface area (Å²) in [6.07, 6.45) is 5.71. The van der Waals surface area contributed by atoms with Crippen LogP contribution in [0.2, 0.25) is 0 Å². The van der Waals surface area contributed by atoms with Gasteiger partial charge >= 0.3 is 0 Å². The van der Waals surface area contributed by atoms with E-state index < -0.39 is 11.6 Å². The van der Waals surface area contributed by atoms with Gasteiger partial charge in [-0.15, -0.1) is 0 Å². The lowest BCUT2D eigenvalue weighted by Gasteiger charge is -2.09. The van der Waals surface area contributed by atoms with Crippen molar-refractivity contribution in [3.05, 3.63) is 42.2 Å². The van der Waals surface area contributed by atoms with E-state index >= 15 is 0 Å². The molecule has 0 atom stereocenters. The predicted molar refractivity (Wildman–Crippen MR) is 60.1 cm³/mol. The Morgan fingerprint density at radius 1 is 1.29 bits per heavy atom. The van der Waals surface area contributed by atoms with Crippen LogP contribution in [0.1, 0.15) is 18.9 Å². The molecule has 1 aliphatic rings. The van der Waals surface area contributed by atoms with Crippen molar-refractivity contribution < 1.29 is 8.78 Å². The van der Waals surface area contributed by atoms with Gasteiger partial charge in [-0.3, -0.25) is 0 Å². The van der Waals surface area contributed by atoms with Crippen LogP contribution < -0.4 is 5.32 Å². The standard InChI is InChI=1S/C12H11F2N3/c13-9-2-1-3-10(11(9)14)16-12-15-6-7-17(12)8-4-5-8/h1-3,6-8H,4-5H2,(H,15,16). The summed E-state index contributed by atoms with van der Waals surface area (Å²) in [4.78, 5) is 4.11. The molecular formula is C12H11F2N3. The van der Waals surface area contributed by atoms with Crippen LogP contribution in [0.4, 0.5) is 20.4 Å². The van der Waals surface area contributed by atoms with E-state index in [1.807, 2.05) is 10.8 Å². The molecule has 1 aromatic heterocycles. The molecule has 0 radical (unpaired) electrons. The summed E-state index contributed by atoms with van der Waals surface area (Å²) < 4.78 is 28.5. The van der Waals surface area contributed by atoms with Crippen LogP contribution >= 0.6 is 0 Å². The molecule has 88 valence electrons. The van der Waals surface area contributed by atoms with Gasteiger partial charge in [-0.05, 0) is 25.0 Å². The number of imidazole rings is 1. The number of hydrogen-bond donors (Lipinski definition) is 1. The van der Waals surface area contributed by atoms with E-state index in [0.717, 1.165) is 18.9 Å². The van der Waals surface area contributed by atoms with Crippen LogP contribution in [-0.2, 0) is 0 Å². The topological polar surface area (TPSA) is 29.9 Å². The molecule has 1 N–H and O–H groups in total. The van der Waals surface area contributed by atoms with Gasteiger partial charge in [0.2, 0.25) is 5.95 Å². The number of halogens is 2. The largest absolute Gasteiger partial charge is 0.323 e. The van der Waals surface area contributed by atoms with E-state index in [1.165, 1.54) is 12.1 Å². The van der Waals surface area contributed by atoms with Crippen molar-refractivity contribution in [3.63, 3.8) is 0 Å². The zero-order valence-corrected chi connectivity index (χ0v) is 9.03. The van der Waals surface area contributed by atoms with E-state index in [0.29, 0.717) is 12.0 Å². The number of nitrogens with one attached hydrogen (secondary N) is 1. The molecule has 3 nitrogen and oxygen atoms in total. The Balaban J connectivity index is 1.91. The minimum atomic E-state index is -0.877. The van der Waals surface area contributed by atoms with Crippen molar-refractivity contribution in [2.75, 3.05) is 5.32 Å². The first-order valence-corrected chi connectivity index (χ1v) is 5.49. The van der Waals surface area contributed by atoms with Gasteiger partial charge in [0.05, 0.1) is 5.69 Å². The van der Waals surface area contributed by atoms with Crippen LogP contribution in [0.15, 0.2) is 30.6 Å². The summed E-state index contributed by atoms with van der Waals surface area (Å²) >= 11 is 0. The van der Waals surface area contributed by atoms with Crippen LogP contribution in [-0.4, -0.2) is 9.55 Å². The van der Waals surface area contributed by atoms with Crippen molar-refractivity contribution >= 4 is 11.6 Å². The molecule has 0 bridgehead atoms. The van der Waals surface area contributed by atoms with E-state index in [4.69, 9.17) is 0 Å². The molecule has 1 fully saturated rings. The third kappa shape index (κ3) is 1.88. The molecule has 2 aromatic rings. The summed E-state index contributed by atoms with van der Waals surface area (Å²) in [5.41, 5.74) is 0.109. The Morgan fingerprint density at radius 3 is 2.88 bits per heavy atom. The van der Waals surface area contributed by atoms with Gasteiger partial charge in [-0.25, -0.2) is 13.8 Å². The van der Waals surface area contributed by atoms with Gasteiger partial charge in [-0.1, -0.05) is 6.07 Å². The average molecular weight is 235 g/mol. The molecule has 1 aromatic carbocycles. The second kappa shape index (κ2) is 3.84. The summed E-state index contributed by atoms with van der Waals surface area (Å²) in [6.45, 7) is 0. The molecule has 0 amide bonds. The molecule has 0 spiro atoms. The van der Waals surface area contributed by atoms with Gasteiger partial charge in [0.25, 0.3) is 0 Å². The Bertz CT molecular complexity index is 546. The number of anilines is 2. The minimum absolute atomic E-state index is 0.109. The maximum absolute atomic E-state index is 13.5. The summed E-state index contributed by atoms with van der Waals surface area (Å²) in [7, 11) is 0. The first kappa shape index (κ1) is 10.3. The van der Waals surface area contributed by atoms with Crippen molar-refractivity contribution in [2.45, 2.75) is 18.9 Å². The monoisotopic (exact) mass is 235 g/mol. The normalized spacial score (nSPS) is 14.9. The Labute approximate surface area is 97.1 Å². The van der Waals surface area contributed by atoms with Crippen molar-refractivity contribution in [1.29, 1.82) is 0 Å². The SMILES string of the molecule is Fc1cccc(Nc2nccn2C2CC2)c1F. The predicted octanol–water partition coefficient (Wildman–Crippen LogP) is 3.24. The molecule has 5 heteroatoms. The van der Waals surface area contributed by atoms with Crippen molar-refractivity contribution in [1.82, 2.24) is 9.55 Å². The molecule has 17 heavy (non-hydrogen) atoms. The van der Waals surface area contributed by atoms with Crippen LogP contribution in [0.5, 0.6) is 0 Å². The maximum Gasteiger partial charge on any atom is 0.207 e. The molecule has 1 aliphatic carbocycles. The molecule has 0 saturated heterocycles. The second-order valence-electron chi connectivity index (χ2n) is 4.12. The Kier molecular flexibility index (Phi) is 2.31. The third-order valence-corrected chi connectivity index (χ3v) is 2.81. The second-order valence-corrected chi connectivity index (χ2v) is 4.12. The molecule has 0 unspecified atom stereocenters. The fourth-order valence-electron chi connectivity index (χ4n) is 1.78. The van der Waals surface area contributed by atoms with Crippen molar-refractivity contribution in [3.8, 4) is 0 Å². The maximum atomic E-state index is 13.5. The Morgan fingerprint density at radius 2 is 2.12 bits per heavy atom. The molecule has 1 heterocycles. The molecular weight excluding hydrogens is 224 g/mol. The van der Waals surface area contributed by atoms with E-state index in [2.05, 4.69) is 10.3 Å². The summed E-state index contributed by atoms with van der Waals surface area (Å²) in [5, 5.41) is 2.82. The van der Waals surface area contributed by atoms with E-state index in [-0.39, 0.29) is 5.69 Å². The lowest BCUT2D eigenvalue weighted by Crippen LogP contribution is -2.03. The zero-order valence-electron chi connectivity index (χ0n) is 9.03. The van der Waals surface area contributed by atoms with Crippen molar-refractivity contribution in [2.24, 2.45) is 0 Å². The van der Waals surface area contributed by atoms with Gasteiger partial charge in [-0.2, -0.15) is 0 Å². The molecule has 0 aliphatic heterocycles. The molecule has 3 rings (SSSR count). The third-order valence-electron chi connectivity index (χ3n) is 2.81. The lowest BCUT2D eigenvalue weighted by molar-refractivity contribution is 0.511. The Hall–Kier alpha value is -1.91. The summed E-state index contributed by atoms with van der Waals surface area (Å²) in [6, 6.07) is 4.49. The number of hydrogen-bond acceptors (Lipinski definition) is 2. The highest BCUT2D eigenvalue weighted by molar-refractivity contribution is 5.54. The highest BCUT2D eigenvalue weighted by Crippen LogP contribution is 2.37. The number of nitrogens with zero attached hydrogens (tertiary/aromatic N) is 2. The fourth-order valence-corrected chi connectivity index (χ4v) is 1.78. The number of rotatable bonds is 3. The fraction of sp³-hybridized carbons (Fsp3) is 0.250. The number of benzene rings is 1. The molecule has 1 saturated carbocycles. The minimum Gasteiger partial charge on any atom is -0.323 e. The quantitative estimate of drug-likeness (QED) is 0.885. The first-order valence-electron chi connectivity index (χ1n) is 5.49. The van der Waals surface area contributed by atoms with Crippen LogP contribution in [0.3, 0.4) is 0 Å². The number of aromatic nitrogens is 2. The highest BCUT2D eigenvalue weighted by Gasteiger charge is 2.25. The van der Waals surface area contributed by atoms with E-state index in [1.54, 1.807) is 6.20 Å². The first-order chi connectivity index (χ1) is 8.25.